The van der Waals surface area contributed by atoms with Gasteiger partial charge in [0.1, 0.15) is 12.4 Å². The first-order valence-corrected chi connectivity index (χ1v) is 11.8. The zero-order chi connectivity index (χ0) is 23.1. The van der Waals surface area contributed by atoms with Crippen LogP contribution in [0.3, 0.4) is 0 Å². The van der Waals surface area contributed by atoms with E-state index in [1.165, 1.54) is 0 Å². The van der Waals surface area contributed by atoms with Crippen LogP contribution >= 0.6 is 11.6 Å². The summed E-state index contributed by atoms with van der Waals surface area (Å²) in [5.74, 6) is 0.921. The number of carbonyl (C=O) groups is 1. The van der Waals surface area contributed by atoms with E-state index < -0.39 is 5.41 Å². The van der Waals surface area contributed by atoms with Gasteiger partial charge < -0.3 is 15.0 Å². The molecular formula is C27H30ClN3O2. The van der Waals surface area contributed by atoms with Crippen molar-refractivity contribution in [1.82, 2.24) is 15.2 Å². The van der Waals surface area contributed by atoms with Crippen molar-refractivity contribution < 1.29 is 9.53 Å². The fraction of sp³-hybridized carbons (Fsp3) is 0.333. The molecule has 1 fully saturated rings. The van der Waals surface area contributed by atoms with Crippen LogP contribution in [-0.2, 0) is 4.79 Å². The van der Waals surface area contributed by atoms with Crippen LogP contribution < -0.4 is 10.1 Å². The van der Waals surface area contributed by atoms with Crippen LogP contribution in [0.25, 0.3) is 0 Å². The molecule has 1 saturated heterocycles. The number of nitrogens with one attached hydrogen (secondary N) is 1. The fourth-order valence-electron chi connectivity index (χ4n) is 4.36. The highest BCUT2D eigenvalue weighted by Gasteiger charge is 2.41. The van der Waals surface area contributed by atoms with Crippen molar-refractivity contribution in [2.45, 2.75) is 25.8 Å². The number of benzene rings is 2. The Bertz CT molecular complexity index is 1020. The molecule has 0 saturated carbocycles. The first kappa shape index (κ1) is 23.3. The lowest BCUT2D eigenvalue weighted by Gasteiger charge is -2.41. The molecule has 2 heterocycles. The molecule has 6 heteroatoms. The van der Waals surface area contributed by atoms with Crippen LogP contribution in [0, 0.1) is 5.41 Å². The van der Waals surface area contributed by atoms with Gasteiger partial charge in [0.15, 0.2) is 0 Å². The summed E-state index contributed by atoms with van der Waals surface area (Å²) in [6.45, 7) is 4.60. The molecule has 0 bridgehead atoms. The van der Waals surface area contributed by atoms with E-state index in [0.29, 0.717) is 18.2 Å². The predicted molar refractivity (Wildman–Crippen MR) is 131 cm³/mol. The number of aromatic nitrogens is 1. The number of ether oxygens (including phenoxy) is 1. The number of amides is 1. The highest BCUT2D eigenvalue weighted by atomic mass is 35.5. The first-order chi connectivity index (χ1) is 16.1. The third kappa shape index (κ3) is 5.73. The number of piperidine rings is 1. The fourth-order valence-corrected chi connectivity index (χ4v) is 4.48. The third-order valence-electron chi connectivity index (χ3n) is 6.29. The molecule has 172 valence electrons. The van der Waals surface area contributed by atoms with Crippen molar-refractivity contribution in [3.8, 4) is 5.75 Å². The lowest BCUT2D eigenvalue weighted by atomic mass is 9.79. The standard InChI is InChI=1S/C27H30ClN3O2/c1-27(14-17-29-18-15-27)26(32)31(19-20-33-23-7-3-2-4-8-23)25(24-9-5-6-16-30-24)21-10-12-22(28)13-11-21/h2-13,16,25,29H,14-15,17-20H2,1H3. The quantitative estimate of drug-likeness (QED) is 0.503. The molecule has 1 atom stereocenters. The SMILES string of the molecule is CC1(C(=O)N(CCOc2ccccc2)C(c2ccc(Cl)cc2)c2ccccn2)CCNCC1. The summed E-state index contributed by atoms with van der Waals surface area (Å²) in [4.78, 5) is 20.7. The van der Waals surface area contributed by atoms with E-state index in [2.05, 4.69) is 17.2 Å². The molecule has 0 aliphatic carbocycles. The average molecular weight is 464 g/mol. The number of nitrogens with zero attached hydrogens (tertiary/aromatic N) is 2. The Morgan fingerprint density at radius 2 is 1.76 bits per heavy atom. The Labute approximate surface area is 200 Å². The average Bonchev–Trinajstić information content (AvgIpc) is 2.86. The van der Waals surface area contributed by atoms with Gasteiger partial charge in [-0.3, -0.25) is 9.78 Å². The van der Waals surface area contributed by atoms with Gasteiger partial charge in [-0.05, 0) is 67.9 Å². The van der Waals surface area contributed by atoms with Crippen molar-refractivity contribution in [2.24, 2.45) is 5.41 Å². The number of halogens is 1. The van der Waals surface area contributed by atoms with Crippen LogP contribution in [0.1, 0.15) is 37.1 Å². The minimum atomic E-state index is -0.433. The van der Waals surface area contributed by atoms with E-state index in [-0.39, 0.29) is 11.9 Å². The van der Waals surface area contributed by atoms with Crippen molar-refractivity contribution in [3.05, 3.63) is 95.3 Å². The van der Waals surface area contributed by atoms with Crippen molar-refractivity contribution in [3.63, 3.8) is 0 Å². The maximum absolute atomic E-state index is 14.1. The number of para-hydroxylation sites is 1. The predicted octanol–water partition coefficient (Wildman–Crippen LogP) is 5.12. The molecule has 2 aromatic carbocycles. The van der Waals surface area contributed by atoms with Gasteiger partial charge in [-0.1, -0.05) is 54.9 Å². The van der Waals surface area contributed by atoms with E-state index in [1.807, 2.05) is 77.7 Å². The summed E-state index contributed by atoms with van der Waals surface area (Å²) >= 11 is 6.18. The van der Waals surface area contributed by atoms with Crippen molar-refractivity contribution >= 4 is 17.5 Å². The molecule has 1 amide bonds. The summed E-state index contributed by atoms with van der Waals surface area (Å²) in [7, 11) is 0. The van der Waals surface area contributed by atoms with Crippen LogP contribution in [0.4, 0.5) is 0 Å². The topological polar surface area (TPSA) is 54.5 Å². The van der Waals surface area contributed by atoms with Gasteiger partial charge in [-0.2, -0.15) is 0 Å². The molecule has 5 nitrogen and oxygen atoms in total. The zero-order valence-electron chi connectivity index (χ0n) is 18.9. The molecule has 0 radical (unpaired) electrons. The van der Waals surface area contributed by atoms with Crippen LogP contribution in [0.2, 0.25) is 5.02 Å². The van der Waals surface area contributed by atoms with Gasteiger partial charge >= 0.3 is 0 Å². The Morgan fingerprint density at radius 3 is 2.42 bits per heavy atom. The maximum atomic E-state index is 14.1. The summed E-state index contributed by atoms with van der Waals surface area (Å²) < 4.78 is 6.00. The molecule has 1 aliphatic rings. The lowest BCUT2D eigenvalue weighted by Crippen LogP contribution is -2.50. The Morgan fingerprint density at radius 1 is 1.06 bits per heavy atom. The van der Waals surface area contributed by atoms with E-state index in [4.69, 9.17) is 16.3 Å². The second-order valence-corrected chi connectivity index (χ2v) is 9.12. The van der Waals surface area contributed by atoms with E-state index >= 15 is 0 Å². The molecule has 1 N–H and O–H groups in total. The number of hydrogen-bond donors (Lipinski definition) is 1. The maximum Gasteiger partial charge on any atom is 0.229 e. The Kier molecular flexibility index (Phi) is 7.63. The molecule has 33 heavy (non-hydrogen) atoms. The molecule has 1 aromatic heterocycles. The minimum Gasteiger partial charge on any atom is -0.492 e. The minimum absolute atomic E-state index is 0.131. The van der Waals surface area contributed by atoms with E-state index in [0.717, 1.165) is 42.9 Å². The van der Waals surface area contributed by atoms with Gasteiger partial charge in [0, 0.05) is 16.6 Å². The third-order valence-corrected chi connectivity index (χ3v) is 6.55. The molecule has 1 unspecified atom stereocenters. The highest BCUT2D eigenvalue weighted by molar-refractivity contribution is 6.30. The molecule has 0 spiro atoms. The van der Waals surface area contributed by atoms with Gasteiger partial charge in [-0.25, -0.2) is 0 Å². The largest absolute Gasteiger partial charge is 0.492 e. The van der Waals surface area contributed by atoms with Gasteiger partial charge in [0.05, 0.1) is 18.3 Å². The smallest absolute Gasteiger partial charge is 0.229 e. The molecule has 4 rings (SSSR count). The first-order valence-electron chi connectivity index (χ1n) is 11.4. The van der Waals surface area contributed by atoms with Gasteiger partial charge in [-0.15, -0.1) is 0 Å². The normalized spacial score (nSPS) is 16.1. The number of pyridine rings is 1. The van der Waals surface area contributed by atoms with Crippen LogP contribution in [-0.4, -0.2) is 42.0 Å². The zero-order valence-corrected chi connectivity index (χ0v) is 19.7. The second-order valence-electron chi connectivity index (χ2n) is 8.68. The monoisotopic (exact) mass is 463 g/mol. The van der Waals surface area contributed by atoms with Gasteiger partial charge in [0.2, 0.25) is 5.91 Å². The number of hydrogen-bond acceptors (Lipinski definition) is 4. The number of carbonyl (C=O) groups excluding carboxylic acids is 1. The lowest BCUT2D eigenvalue weighted by molar-refractivity contribution is -0.145. The summed E-state index contributed by atoms with van der Waals surface area (Å²) in [5.41, 5.74) is 1.37. The summed E-state index contributed by atoms with van der Waals surface area (Å²) in [6.07, 6.45) is 3.38. The van der Waals surface area contributed by atoms with Crippen molar-refractivity contribution in [1.29, 1.82) is 0 Å². The van der Waals surface area contributed by atoms with E-state index in [9.17, 15) is 4.79 Å². The van der Waals surface area contributed by atoms with Crippen LogP contribution in [0.5, 0.6) is 5.75 Å². The van der Waals surface area contributed by atoms with Gasteiger partial charge in [0.25, 0.3) is 0 Å². The number of rotatable bonds is 8. The summed E-state index contributed by atoms with van der Waals surface area (Å²) in [5, 5.41) is 4.04. The summed E-state index contributed by atoms with van der Waals surface area (Å²) in [6, 6.07) is 22.9. The highest BCUT2D eigenvalue weighted by Crippen LogP contribution is 2.36. The molecule has 1 aliphatic heterocycles. The molecular weight excluding hydrogens is 434 g/mol. The van der Waals surface area contributed by atoms with Crippen LogP contribution in [0.15, 0.2) is 79.0 Å². The second kappa shape index (κ2) is 10.8. The Balaban J connectivity index is 1.68. The Hall–Kier alpha value is -2.89. The molecule has 3 aromatic rings. The van der Waals surface area contributed by atoms with E-state index in [1.54, 1.807) is 6.20 Å². The van der Waals surface area contributed by atoms with Crippen molar-refractivity contribution in [2.75, 3.05) is 26.2 Å².